The Hall–Kier alpha value is -0.860. The summed E-state index contributed by atoms with van der Waals surface area (Å²) in [5.74, 6) is 1.16. The summed E-state index contributed by atoms with van der Waals surface area (Å²) in [5.41, 5.74) is 2.81. The highest BCUT2D eigenvalue weighted by Crippen LogP contribution is 2.19. The van der Waals surface area contributed by atoms with Crippen molar-refractivity contribution >= 4 is 0 Å². The fourth-order valence-corrected chi connectivity index (χ4v) is 1.82. The maximum absolute atomic E-state index is 5.01. The molecule has 0 fully saturated rings. The maximum Gasteiger partial charge on any atom is 0.0587 e. The molecule has 0 saturated carbocycles. The van der Waals surface area contributed by atoms with Crippen LogP contribution in [0.5, 0.6) is 0 Å². The third-order valence-electron chi connectivity index (χ3n) is 3.11. The normalized spacial score (nSPS) is 13.0. The lowest BCUT2D eigenvalue weighted by Gasteiger charge is -2.14. The van der Waals surface area contributed by atoms with Gasteiger partial charge >= 0.3 is 0 Å². The molecule has 0 aromatic heterocycles. The Morgan fingerprint density at radius 3 is 2.18 bits per heavy atom. The number of hydrogen-bond acceptors (Lipinski definition) is 2. The van der Waals surface area contributed by atoms with E-state index in [9.17, 15) is 0 Å². The van der Waals surface area contributed by atoms with E-state index in [2.05, 4.69) is 50.4 Å². The minimum atomic E-state index is 0.549. The van der Waals surface area contributed by atoms with E-state index in [4.69, 9.17) is 4.74 Å². The van der Waals surface area contributed by atoms with E-state index in [1.54, 1.807) is 7.11 Å². The maximum atomic E-state index is 5.01. The van der Waals surface area contributed by atoms with E-state index in [1.165, 1.54) is 11.1 Å². The first-order chi connectivity index (χ1) is 8.15. The van der Waals surface area contributed by atoms with Crippen molar-refractivity contribution in [2.75, 3.05) is 26.8 Å². The van der Waals surface area contributed by atoms with Gasteiger partial charge in [-0.1, -0.05) is 45.0 Å². The molecule has 1 aromatic rings. The number of nitrogens with one attached hydrogen (secondary N) is 1. The monoisotopic (exact) mass is 235 g/mol. The van der Waals surface area contributed by atoms with Crippen LogP contribution in [0, 0.1) is 0 Å². The highest BCUT2D eigenvalue weighted by atomic mass is 16.5. The Kier molecular flexibility index (Phi) is 6.23. The van der Waals surface area contributed by atoms with Gasteiger partial charge in [-0.25, -0.2) is 0 Å². The van der Waals surface area contributed by atoms with Crippen molar-refractivity contribution in [2.45, 2.75) is 32.6 Å². The molecule has 17 heavy (non-hydrogen) atoms. The van der Waals surface area contributed by atoms with Crippen LogP contribution in [0.3, 0.4) is 0 Å². The first kappa shape index (κ1) is 14.2. The minimum absolute atomic E-state index is 0.549. The SMILES string of the molecule is COCCNCC(C)c1ccc(C(C)C)cc1. The molecule has 1 aromatic carbocycles. The number of ether oxygens (including phenoxy) is 1. The molecule has 0 aliphatic carbocycles. The van der Waals surface area contributed by atoms with Gasteiger partial charge in [0, 0.05) is 20.2 Å². The largest absolute Gasteiger partial charge is 0.383 e. The Morgan fingerprint density at radius 2 is 1.65 bits per heavy atom. The predicted molar refractivity (Wildman–Crippen MR) is 73.7 cm³/mol. The van der Waals surface area contributed by atoms with Crippen LogP contribution in [0.1, 0.15) is 43.7 Å². The molecule has 0 bridgehead atoms. The summed E-state index contributed by atoms with van der Waals surface area (Å²) in [6.07, 6.45) is 0. The van der Waals surface area contributed by atoms with Crippen LogP contribution in [-0.2, 0) is 4.74 Å². The molecule has 0 spiro atoms. The van der Waals surface area contributed by atoms with E-state index < -0.39 is 0 Å². The first-order valence-corrected chi connectivity index (χ1v) is 6.44. The lowest BCUT2D eigenvalue weighted by atomic mass is 9.96. The molecular formula is C15H25NO. The lowest BCUT2D eigenvalue weighted by Crippen LogP contribution is -2.23. The van der Waals surface area contributed by atoms with Gasteiger partial charge in [0.05, 0.1) is 6.61 Å². The van der Waals surface area contributed by atoms with Crippen molar-refractivity contribution in [3.8, 4) is 0 Å². The zero-order valence-electron chi connectivity index (χ0n) is 11.5. The van der Waals surface area contributed by atoms with Gasteiger partial charge in [0.25, 0.3) is 0 Å². The smallest absolute Gasteiger partial charge is 0.0587 e. The summed E-state index contributed by atoms with van der Waals surface area (Å²) in [7, 11) is 1.73. The standard InChI is InChI=1S/C15H25NO/c1-12(2)14-5-7-15(8-6-14)13(3)11-16-9-10-17-4/h5-8,12-13,16H,9-11H2,1-4H3. The second-order valence-corrected chi connectivity index (χ2v) is 4.92. The molecule has 2 nitrogen and oxygen atoms in total. The molecule has 1 rings (SSSR count). The summed E-state index contributed by atoms with van der Waals surface area (Å²) < 4.78 is 5.01. The molecule has 1 N–H and O–H groups in total. The van der Waals surface area contributed by atoms with E-state index in [-0.39, 0.29) is 0 Å². The van der Waals surface area contributed by atoms with Crippen LogP contribution in [0.2, 0.25) is 0 Å². The fraction of sp³-hybridized carbons (Fsp3) is 0.600. The average molecular weight is 235 g/mol. The summed E-state index contributed by atoms with van der Waals surface area (Å²) in [6.45, 7) is 9.41. The molecule has 1 unspecified atom stereocenters. The quantitative estimate of drug-likeness (QED) is 0.733. The van der Waals surface area contributed by atoms with Gasteiger partial charge in [-0.15, -0.1) is 0 Å². The number of rotatable bonds is 7. The summed E-state index contributed by atoms with van der Waals surface area (Å²) in [6, 6.07) is 8.98. The Labute approximate surface area is 105 Å². The van der Waals surface area contributed by atoms with Crippen molar-refractivity contribution in [2.24, 2.45) is 0 Å². The summed E-state index contributed by atoms with van der Waals surface area (Å²) in [5, 5.41) is 3.40. The summed E-state index contributed by atoms with van der Waals surface area (Å²) in [4.78, 5) is 0. The van der Waals surface area contributed by atoms with Crippen LogP contribution in [-0.4, -0.2) is 26.8 Å². The molecule has 0 radical (unpaired) electrons. The molecule has 0 aliphatic heterocycles. The van der Waals surface area contributed by atoms with Gasteiger partial charge in [0.1, 0.15) is 0 Å². The molecule has 0 saturated heterocycles. The van der Waals surface area contributed by atoms with Crippen LogP contribution in [0.4, 0.5) is 0 Å². The van der Waals surface area contributed by atoms with Crippen molar-refractivity contribution in [3.63, 3.8) is 0 Å². The lowest BCUT2D eigenvalue weighted by molar-refractivity contribution is 0.199. The second kappa shape index (κ2) is 7.46. The highest BCUT2D eigenvalue weighted by Gasteiger charge is 2.05. The van der Waals surface area contributed by atoms with Gasteiger partial charge in [0.15, 0.2) is 0 Å². The van der Waals surface area contributed by atoms with Crippen molar-refractivity contribution in [1.29, 1.82) is 0 Å². The van der Waals surface area contributed by atoms with Crippen molar-refractivity contribution in [1.82, 2.24) is 5.32 Å². The molecule has 1 atom stereocenters. The predicted octanol–water partition coefficient (Wildman–Crippen LogP) is 3.15. The van der Waals surface area contributed by atoms with Gasteiger partial charge in [-0.3, -0.25) is 0 Å². The highest BCUT2D eigenvalue weighted by molar-refractivity contribution is 5.27. The van der Waals surface area contributed by atoms with E-state index in [0.29, 0.717) is 11.8 Å². The van der Waals surface area contributed by atoms with Gasteiger partial charge in [0.2, 0.25) is 0 Å². The van der Waals surface area contributed by atoms with Gasteiger partial charge in [-0.05, 0) is 23.0 Å². The molecule has 2 heteroatoms. The van der Waals surface area contributed by atoms with Crippen LogP contribution >= 0.6 is 0 Å². The average Bonchev–Trinajstić information content (AvgIpc) is 2.34. The topological polar surface area (TPSA) is 21.3 Å². The second-order valence-electron chi connectivity index (χ2n) is 4.92. The molecular weight excluding hydrogens is 210 g/mol. The number of methoxy groups -OCH3 is 1. The Bertz CT molecular complexity index is 305. The molecule has 96 valence electrons. The van der Waals surface area contributed by atoms with Crippen LogP contribution < -0.4 is 5.32 Å². The van der Waals surface area contributed by atoms with E-state index in [1.807, 2.05) is 0 Å². The third-order valence-corrected chi connectivity index (χ3v) is 3.11. The third kappa shape index (κ3) is 4.88. The zero-order chi connectivity index (χ0) is 12.7. The zero-order valence-corrected chi connectivity index (χ0v) is 11.5. The fourth-order valence-electron chi connectivity index (χ4n) is 1.82. The summed E-state index contributed by atoms with van der Waals surface area (Å²) >= 11 is 0. The Balaban J connectivity index is 2.43. The molecule has 0 heterocycles. The number of hydrogen-bond donors (Lipinski definition) is 1. The van der Waals surface area contributed by atoms with E-state index in [0.717, 1.165) is 19.7 Å². The number of benzene rings is 1. The van der Waals surface area contributed by atoms with E-state index >= 15 is 0 Å². The first-order valence-electron chi connectivity index (χ1n) is 6.44. The van der Waals surface area contributed by atoms with Gasteiger partial charge in [-0.2, -0.15) is 0 Å². The van der Waals surface area contributed by atoms with Gasteiger partial charge < -0.3 is 10.1 Å². The minimum Gasteiger partial charge on any atom is -0.383 e. The Morgan fingerprint density at radius 1 is 1.06 bits per heavy atom. The van der Waals surface area contributed by atoms with Crippen LogP contribution in [0.15, 0.2) is 24.3 Å². The molecule has 0 amide bonds. The molecule has 0 aliphatic rings. The van der Waals surface area contributed by atoms with Crippen molar-refractivity contribution < 1.29 is 4.74 Å². The van der Waals surface area contributed by atoms with Crippen LogP contribution in [0.25, 0.3) is 0 Å². The van der Waals surface area contributed by atoms with Crippen molar-refractivity contribution in [3.05, 3.63) is 35.4 Å².